The molecule has 0 aromatic rings. The summed E-state index contributed by atoms with van der Waals surface area (Å²) in [4.78, 5) is 8.66. The maximum Gasteiger partial charge on any atom is 0.179 e. The van der Waals surface area contributed by atoms with E-state index in [2.05, 4.69) is 19.6 Å². The van der Waals surface area contributed by atoms with Crippen molar-refractivity contribution in [1.82, 2.24) is 0 Å². The maximum atomic E-state index is 8.66. The lowest BCUT2D eigenvalue weighted by molar-refractivity contribution is 0.561. The van der Waals surface area contributed by atoms with Gasteiger partial charge in [0, 0.05) is 10.2 Å². The van der Waals surface area contributed by atoms with E-state index in [9.17, 15) is 0 Å². The molecular weight excluding hydrogens is 160 g/mol. The van der Waals surface area contributed by atoms with Crippen LogP contribution in [0.4, 0.5) is 0 Å². The van der Waals surface area contributed by atoms with Crippen LogP contribution in [0.5, 0.6) is 0 Å². The zero-order valence-electron chi connectivity index (χ0n) is 8.02. The Balaban J connectivity index is -0.0000000383. The van der Waals surface area contributed by atoms with E-state index in [1.165, 1.54) is 0 Å². The summed E-state index contributed by atoms with van der Waals surface area (Å²) in [5.74, 6) is 0. The highest BCUT2D eigenvalue weighted by Crippen LogP contribution is 1.88. The molecular formula is C6H24O2Si2. The molecule has 0 aromatic carbocycles. The smallest absolute Gasteiger partial charge is 0.179 e. The summed E-state index contributed by atoms with van der Waals surface area (Å²) < 4.78 is 0. The Hall–Kier alpha value is 0.354. The molecule has 0 aliphatic rings. The molecule has 0 saturated carbocycles. The van der Waals surface area contributed by atoms with Crippen LogP contribution in [-0.4, -0.2) is 27.4 Å². The SMILES string of the molecule is C[SiH](C)C.C[Si](C)(C)O.O.[HH]. The van der Waals surface area contributed by atoms with Crippen LogP contribution in [0.15, 0.2) is 0 Å². The molecule has 68 valence electrons. The van der Waals surface area contributed by atoms with Crippen molar-refractivity contribution in [2.45, 2.75) is 39.3 Å². The first-order valence-corrected chi connectivity index (χ1v) is 10.4. The minimum Gasteiger partial charge on any atom is -0.433 e. The first-order valence-electron chi connectivity index (χ1n) is 3.46. The third-order valence-corrected chi connectivity index (χ3v) is 0. The second-order valence-corrected chi connectivity index (χ2v) is 11.7. The highest BCUT2D eigenvalue weighted by Gasteiger charge is 2.03. The van der Waals surface area contributed by atoms with E-state index >= 15 is 0 Å². The molecule has 0 fully saturated rings. The van der Waals surface area contributed by atoms with E-state index in [1.807, 2.05) is 19.6 Å². The fourth-order valence-corrected chi connectivity index (χ4v) is 0. The first kappa shape index (κ1) is 16.8. The molecule has 0 radical (unpaired) electrons. The zero-order chi connectivity index (χ0) is 8.08. The lowest BCUT2D eigenvalue weighted by Gasteiger charge is -2.00. The summed E-state index contributed by atoms with van der Waals surface area (Å²) in [6.45, 7) is 12.6. The van der Waals surface area contributed by atoms with Crippen LogP contribution in [-0.2, 0) is 0 Å². The Morgan fingerprint density at radius 2 is 1.10 bits per heavy atom. The van der Waals surface area contributed by atoms with Gasteiger partial charge >= 0.3 is 0 Å². The molecule has 0 spiro atoms. The normalized spacial score (nSPS) is 9.60. The fourth-order valence-electron chi connectivity index (χ4n) is 0. The first-order chi connectivity index (χ1) is 3.73. The highest BCUT2D eigenvalue weighted by molar-refractivity contribution is 6.68. The molecule has 0 aliphatic carbocycles. The molecule has 0 aromatic heterocycles. The topological polar surface area (TPSA) is 51.7 Å². The lowest BCUT2D eigenvalue weighted by Crippen LogP contribution is -2.17. The van der Waals surface area contributed by atoms with Crippen molar-refractivity contribution < 1.29 is 11.7 Å². The van der Waals surface area contributed by atoms with Crippen LogP contribution in [0, 0.1) is 0 Å². The minimum atomic E-state index is -1.61. The third-order valence-electron chi connectivity index (χ3n) is 0. The predicted molar refractivity (Wildman–Crippen MR) is 56.0 cm³/mol. The highest BCUT2D eigenvalue weighted by atomic mass is 28.4. The van der Waals surface area contributed by atoms with Crippen molar-refractivity contribution in [3.8, 4) is 0 Å². The van der Waals surface area contributed by atoms with Gasteiger partial charge in [-0.25, -0.2) is 0 Å². The summed E-state index contributed by atoms with van der Waals surface area (Å²) in [6.07, 6.45) is 0. The van der Waals surface area contributed by atoms with Gasteiger partial charge in [0.15, 0.2) is 8.32 Å². The number of rotatable bonds is 0. The number of hydrogen-bond donors (Lipinski definition) is 1. The molecule has 0 rings (SSSR count). The van der Waals surface area contributed by atoms with Crippen LogP contribution in [0.25, 0.3) is 0 Å². The van der Waals surface area contributed by atoms with E-state index in [0.717, 1.165) is 0 Å². The van der Waals surface area contributed by atoms with Crippen molar-refractivity contribution in [2.24, 2.45) is 0 Å². The molecule has 4 heteroatoms. The molecule has 10 heavy (non-hydrogen) atoms. The molecule has 0 aliphatic heterocycles. The standard InChI is InChI=1S/C3H10OSi.C3H10Si.H2O.H2/c1-5(2,3)4;1-4(2)3;;/h4H,1-3H3;4H,1-3H3;1H2;1H. The van der Waals surface area contributed by atoms with E-state index in [0.29, 0.717) is 0 Å². The van der Waals surface area contributed by atoms with Crippen molar-refractivity contribution in [1.29, 1.82) is 0 Å². The van der Waals surface area contributed by atoms with Crippen molar-refractivity contribution in [2.75, 3.05) is 0 Å². The second-order valence-electron chi connectivity index (χ2n) is 3.90. The van der Waals surface area contributed by atoms with Gasteiger partial charge < -0.3 is 10.3 Å². The van der Waals surface area contributed by atoms with Crippen LogP contribution >= 0.6 is 0 Å². The summed E-state index contributed by atoms with van der Waals surface area (Å²) in [5.41, 5.74) is 0. The van der Waals surface area contributed by atoms with Gasteiger partial charge in [-0.2, -0.15) is 0 Å². The van der Waals surface area contributed by atoms with Gasteiger partial charge in [0.2, 0.25) is 0 Å². The Labute approximate surface area is 68.8 Å². The molecule has 2 nitrogen and oxygen atoms in total. The summed E-state index contributed by atoms with van der Waals surface area (Å²) >= 11 is 0. The monoisotopic (exact) mass is 184 g/mol. The minimum absolute atomic E-state index is 0. The van der Waals surface area contributed by atoms with E-state index in [-0.39, 0.29) is 15.7 Å². The predicted octanol–water partition coefficient (Wildman–Crippen LogP) is 1.34. The van der Waals surface area contributed by atoms with Gasteiger partial charge in [0.05, 0.1) is 0 Å². The molecule has 0 heterocycles. The Morgan fingerprint density at radius 3 is 1.10 bits per heavy atom. The van der Waals surface area contributed by atoms with Crippen LogP contribution < -0.4 is 0 Å². The van der Waals surface area contributed by atoms with Gasteiger partial charge in [-0.15, -0.1) is 0 Å². The van der Waals surface area contributed by atoms with Gasteiger partial charge in [-0.3, -0.25) is 0 Å². The Morgan fingerprint density at radius 1 is 1.10 bits per heavy atom. The summed E-state index contributed by atoms with van der Waals surface area (Å²) in [6, 6.07) is 0. The molecule has 0 saturated heterocycles. The average Bonchev–Trinajstić information content (AvgIpc) is 1.19. The van der Waals surface area contributed by atoms with Crippen LogP contribution in [0.3, 0.4) is 0 Å². The third kappa shape index (κ3) is 3610. The fraction of sp³-hybridized carbons (Fsp3) is 1.00. The molecule has 0 amide bonds. The largest absolute Gasteiger partial charge is 0.433 e. The van der Waals surface area contributed by atoms with Crippen molar-refractivity contribution >= 4 is 17.1 Å². The lowest BCUT2D eigenvalue weighted by atomic mass is 11.8. The van der Waals surface area contributed by atoms with Gasteiger partial charge in [0.1, 0.15) is 0 Å². The molecule has 3 N–H and O–H groups in total. The molecule has 0 bridgehead atoms. The quantitative estimate of drug-likeness (QED) is 0.568. The summed E-state index contributed by atoms with van der Waals surface area (Å²) in [5, 5.41) is 0. The van der Waals surface area contributed by atoms with Crippen LogP contribution in [0.1, 0.15) is 1.43 Å². The molecule has 0 unspecified atom stereocenters. The van der Waals surface area contributed by atoms with E-state index in [4.69, 9.17) is 4.80 Å². The average molecular weight is 184 g/mol. The Bertz CT molecular complexity index is 55.3. The molecule has 0 atom stereocenters. The van der Waals surface area contributed by atoms with E-state index < -0.39 is 8.32 Å². The van der Waals surface area contributed by atoms with E-state index in [1.54, 1.807) is 0 Å². The number of hydrogen-bond acceptors (Lipinski definition) is 1. The zero-order valence-corrected chi connectivity index (χ0v) is 10.2. The van der Waals surface area contributed by atoms with Gasteiger partial charge in [-0.05, 0) is 19.6 Å². The van der Waals surface area contributed by atoms with Crippen molar-refractivity contribution in [3.63, 3.8) is 0 Å². The van der Waals surface area contributed by atoms with Crippen molar-refractivity contribution in [3.05, 3.63) is 0 Å². The second kappa shape index (κ2) is 7.46. The maximum absolute atomic E-state index is 8.66. The van der Waals surface area contributed by atoms with Crippen LogP contribution in [0.2, 0.25) is 39.3 Å². The van der Waals surface area contributed by atoms with Gasteiger partial charge in [0.25, 0.3) is 0 Å². The van der Waals surface area contributed by atoms with Gasteiger partial charge in [-0.1, -0.05) is 19.6 Å². The Kier molecular flexibility index (Phi) is 12.5. The summed E-state index contributed by atoms with van der Waals surface area (Å²) in [7, 11) is -1.75.